The van der Waals surface area contributed by atoms with Crippen molar-refractivity contribution in [3.8, 4) is 0 Å². The Bertz CT molecular complexity index is 623. The maximum atomic E-state index is 11.8. The molecule has 1 aromatic carbocycles. The van der Waals surface area contributed by atoms with Gasteiger partial charge in [0, 0.05) is 5.69 Å². The Morgan fingerprint density at radius 2 is 2.09 bits per heavy atom. The summed E-state index contributed by atoms with van der Waals surface area (Å²) in [5.41, 5.74) is 0.769. The Labute approximate surface area is 134 Å². The molecule has 1 aliphatic rings. The molecule has 1 N–H and O–H groups in total. The van der Waals surface area contributed by atoms with Crippen LogP contribution in [0, 0.1) is 5.92 Å². The number of amides is 1. The summed E-state index contributed by atoms with van der Waals surface area (Å²) in [6.07, 6.45) is 6.24. The number of rotatable bonds is 5. The maximum Gasteiger partial charge on any atom is 0.337 e. The van der Waals surface area contributed by atoms with E-state index in [0.29, 0.717) is 17.7 Å². The van der Waals surface area contributed by atoms with E-state index in [-0.39, 0.29) is 18.5 Å². The van der Waals surface area contributed by atoms with Crippen molar-refractivity contribution >= 4 is 23.5 Å². The van der Waals surface area contributed by atoms with Crippen LogP contribution in [0.1, 0.15) is 29.6 Å². The lowest BCUT2D eigenvalue weighted by atomic mass is 9.95. The molecule has 6 nitrogen and oxygen atoms in total. The van der Waals surface area contributed by atoms with Gasteiger partial charge >= 0.3 is 11.9 Å². The van der Waals surface area contributed by atoms with Crippen molar-refractivity contribution in [3.05, 3.63) is 42.0 Å². The number of esters is 2. The van der Waals surface area contributed by atoms with E-state index >= 15 is 0 Å². The van der Waals surface area contributed by atoms with E-state index in [1.54, 1.807) is 18.2 Å². The van der Waals surface area contributed by atoms with Crippen molar-refractivity contribution in [2.75, 3.05) is 19.0 Å². The molecule has 0 unspecified atom stereocenters. The van der Waals surface area contributed by atoms with Crippen LogP contribution in [-0.2, 0) is 19.1 Å². The molecule has 0 radical (unpaired) electrons. The van der Waals surface area contributed by atoms with Crippen molar-refractivity contribution in [2.45, 2.75) is 19.3 Å². The lowest BCUT2D eigenvalue weighted by molar-refractivity contribution is -0.151. The highest BCUT2D eigenvalue weighted by Crippen LogP contribution is 2.19. The number of carbonyl (C=O) groups excluding carboxylic acids is 3. The summed E-state index contributed by atoms with van der Waals surface area (Å²) in [7, 11) is 1.29. The molecule has 1 aromatic rings. The molecule has 1 atom stereocenters. The molecule has 0 aliphatic heterocycles. The third-order valence-corrected chi connectivity index (χ3v) is 3.52. The summed E-state index contributed by atoms with van der Waals surface area (Å²) < 4.78 is 9.65. The number of ether oxygens (including phenoxy) is 2. The van der Waals surface area contributed by atoms with Crippen molar-refractivity contribution < 1.29 is 23.9 Å². The zero-order chi connectivity index (χ0) is 16.7. The number of nitrogens with one attached hydrogen (secondary N) is 1. The molecule has 1 amide bonds. The van der Waals surface area contributed by atoms with Crippen LogP contribution in [-0.4, -0.2) is 31.6 Å². The van der Waals surface area contributed by atoms with Gasteiger partial charge in [0.1, 0.15) is 0 Å². The van der Waals surface area contributed by atoms with Gasteiger partial charge in [-0.3, -0.25) is 9.59 Å². The van der Waals surface area contributed by atoms with Gasteiger partial charge in [0.2, 0.25) is 0 Å². The highest BCUT2D eigenvalue weighted by Gasteiger charge is 2.21. The van der Waals surface area contributed by atoms with Crippen LogP contribution in [0.15, 0.2) is 36.4 Å². The number of hydrogen-bond donors (Lipinski definition) is 1. The molecule has 122 valence electrons. The van der Waals surface area contributed by atoms with Gasteiger partial charge in [0.15, 0.2) is 6.61 Å². The minimum atomic E-state index is -0.488. The van der Waals surface area contributed by atoms with E-state index in [2.05, 4.69) is 10.1 Å². The largest absolute Gasteiger partial charge is 0.465 e. The third kappa shape index (κ3) is 4.95. The van der Waals surface area contributed by atoms with Crippen LogP contribution >= 0.6 is 0 Å². The van der Waals surface area contributed by atoms with Crippen molar-refractivity contribution in [1.82, 2.24) is 0 Å². The van der Waals surface area contributed by atoms with Gasteiger partial charge in [-0.25, -0.2) is 4.79 Å². The molecule has 0 bridgehead atoms. The second kappa shape index (κ2) is 8.12. The predicted molar refractivity (Wildman–Crippen MR) is 83.9 cm³/mol. The molecule has 0 saturated carbocycles. The highest BCUT2D eigenvalue weighted by molar-refractivity contribution is 5.95. The number of anilines is 1. The molecular weight excluding hydrogens is 298 g/mol. The Hall–Kier alpha value is -2.63. The first-order valence-corrected chi connectivity index (χ1v) is 7.40. The number of hydrogen-bond acceptors (Lipinski definition) is 5. The summed E-state index contributed by atoms with van der Waals surface area (Å²) in [6, 6.07) is 6.34. The Kier molecular flexibility index (Phi) is 5.91. The normalized spacial score (nSPS) is 16.5. The minimum absolute atomic E-state index is 0.171. The fourth-order valence-electron chi connectivity index (χ4n) is 2.30. The maximum absolute atomic E-state index is 11.8. The molecule has 0 spiro atoms. The van der Waals surface area contributed by atoms with Crippen LogP contribution in [0.25, 0.3) is 0 Å². The molecular formula is C17H19NO5. The van der Waals surface area contributed by atoms with Crippen LogP contribution in [0.2, 0.25) is 0 Å². The van der Waals surface area contributed by atoms with Gasteiger partial charge in [0.25, 0.3) is 5.91 Å². The van der Waals surface area contributed by atoms with Crippen molar-refractivity contribution in [1.29, 1.82) is 0 Å². The van der Waals surface area contributed by atoms with Crippen LogP contribution in [0.5, 0.6) is 0 Å². The lowest BCUT2D eigenvalue weighted by Crippen LogP contribution is -2.25. The summed E-state index contributed by atoms with van der Waals surface area (Å²) in [4.78, 5) is 35.1. The predicted octanol–water partition coefficient (Wildman–Crippen LogP) is 2.31. The van der Waals surface area contributed by atoms with Gasteiger partial charge in [-0.05, 0) is 37.5 Å². The summed E-state index contributed by atoms with van der Waals surface area (Å²) in [6.45, 7) is -0.346. The fraction of sp³-hybridized carbons (Fsp3) is 0.353. The minimum Gasteiger partial charge on any atom is -0.465 e. The van der Waals surface area contributed by atoms with Gasteiger partial charge in [-0.1, -0.05) is 18.2 Å². The van der Waals surface area contributed by atoms with Crippen molar-refractivity contribution in [2.24, 2.45) is 5.92 Å². The second-order valence-electron chi connectivity index (χ2n) is 5.21. The molecule has 0 heterocycles. The zero-order valence-corrected chi connectivity index (χ0v) is 12.9. The number of benzene rings is 1. The van der Waals surface area contributed by atoms with Gasteiger partial charge in [-0.15, -0.1) is 0 Å². The lowest BCUT2D eigenvalue weighted by Gasteiger charge is -2.16. The van der Waals surface area contributed by atoms with Crippen LogP contribution < -0.4 is 5.32 Å². The van der Waals surface area contributed by atoms with Crippen molar-refractivity contribution in [3.63, 3.8) is 0 Å². The summed E-state index contributed by atoms with van der Waals surface area (Å²) in [5.74, 6) is -1.46. The topological polar surface area (TPSA) is 81.7 Å². The monoisotopic (exact) mass is 317 g/mol. The first kappa shape index (κ1) is 16.7. The third-order valence-electron chi connectivity index (χ3n) is 3.52. The Morgan fingerprint density at radius 3 is 2.78 bits per heavy atom. The Morgan fingerprint density at radius 1 is 1.26 bits per heavy atom. The summed E-state index contributed by atoms with van der Waals surface area (Å²) >= 11 is 0. The number of methoxy groups -OCH3 is 1. The van der Waals surface area contributed by atoms with Gasteiger partial charge < -0.3 is 14.8 Å². The quantitative estimate of drug-likeness (QED) is 0.666. The molecule has 0 aromatic heterocycles. The average molecular weight is 317 g/mol. The Balaban J connectivity index is 1.83. The summed E-state index contributed by atoms with van der Waals surface area (Å²) in [5, 5.41) is 2.58. The van der Waals surface area contributed by atoms with Crippen LogP contribution in [0.4, 0.5) is 5.69 Å². The fourth-order valence-corrected chi connectivity index (χ4v) is 2.30. The molecule has 0 fully saturated rings. The molecule has 0 saturated heterocycles. The zero-order valence-electron chi connectivity index (χ0n) is 12.9. The van der Waals surface area contributed by atoms with E-state index in [0.717, 1.165) is 12.8 Å². The van der Waals surface area contributed by atoms with E-state index in [1.165, 1.54) is 13.2 Å². The SMILES string of the molecule is COC(=O)c1cccc(NC(=O)COC(=O)[C@@H]2CC=CCC2)c1. The molecule has 6 heteroatoms. The van der Waals surface area contributed by atoms with Crippen LogP contribution in [0.3, 0.4) is 0 Å². The smallest absolute Gasteiger partial charge is 0.337 e. The second-order valence-corrected chi connectivity index (χ2v) is 5.21. The van der Waals surface area contributed by atoms with E-state index in [1.807, 2.05) is 12.2 Å². The molecule has 2 rings (SSSR count). The first-order valence-electron chi connectivity index (χ1n) is 7.40. The van der Waals surface area contributed by atoms with E-state index in [9.17, 15) is 14.4 Å². The first-order chi connectivity index (χ1) is 11.1. The van der Waals surface area contributed by atoms with Gasteiger partial charge in [0.05, 0.1) is 18.6 Å². The molecule has 1 aliphatic carbocycles. The average Bonchev–Trinajstić information content (AvgIpc) is 2.60. The van der Waals surface area contributed by atoms with E-state index in [4.69, 9.17) is 4.74 Å². The number of allylic oxidation sites excluding steroid dienone is 2. The molecule has 23 heavy (non-hydrogen) atoms. The standard InChI is InChI=1S/C17H19NO5/c1-22-16(20)13-8-5-9-14(10-13)18-15(19)11-23-17(21)12-6-3-2-4-7-12/h2-3,5,8-10,12H,4,6-7,11H2,1H3,(H,18,19)/t12-/m1/s1. The highest BCUT2D eigenvalue weighted by atomic mass is 16.5. The van der Waals surface area contributed by atoms with E-state index < -0.39 is 11.9 Å². The van der Waals surface area contributed by atoms with Gasteiger partial charge in [-0.2, -0.15) is 0 Å². The number of carbonyl (C=O) groups is 3.